The van der Waals surface area contributed by atoms with E-state index < -0.39 is 11.4 Å². The molecule has 5 aliphatic rings. The maximum Gasteiger partial charge on any atom is 0.350 e. The molecule has 0 aromatic heterocycles. The topological polar surface area (TPSA) is 161 Å². The number of esters is 1. The van der Waals surface area contributed by atoms with E-state index in [2.05, 4.69) is 41.2 Å². The molecule has 5 heterocycles. The first-order chi connectivity index (χ1) is 28.7. The van der Waals surface area contributed by atoms with Gasteiger partial charge in [-0.25, -0.2) is 10.6 Å². The van der Waals surface area contributed by atoms with Crippen molar-refractivity contribution in [2.45, 2.75) is 229 Å². The third-order valence-corrected chi connectivity index (χ3v) is 13.7. The Balaban J connectivity index is 0.906. The molecule has 59 heavy (non-hydrogen) atoms. The Morgan fingerprint density at radius 2 is 1.49 bits per heavy atom. The normalized spacial score (nSPS) is 28.6. The van der Waals surface area contributed by atoms with Gasteiger partial charge in [-0.05, 0) is 77.7 Å². The van der Waals surface area contributed by atoms with E-state index in [1.54, 1.807) is 0 Å². The van der Waals surface area contributed by atoms with Crippen LogP contribution in [0.1, 0.15) is 194 Å². The van der Waals surface area contributed by atoms with Crippen LogP contribution >= 0.6 is 0 Å². The monoisotopic (exact) mass is 828 g/mol. The summed E-state index contributed by atoms with van der Waals surface area (Å²) in [6.07, 6.45) is 33.7. The molecule has 7 atom stereocenters. The summed E-state index contributed by atoms with van der Waals surface area (Å²) < 4.78 is 22.2. The van der Waals surface area contributed by atoms with Gasteiger partial charge in [0.1, 0.15) is 0 Å². The van der Waals surface area contributed by atoms with Crippen LogP contribution in [-0.4, -0.2) is 95.2 Å². The number of hydrogen-bond acceptors (Lipinski definition) is 9. The second-order valence-electron chi connectivity index (χ2n) is 18.5. The fourth-order valence-electron chi connectivity index (χ4n) is 10.6. The van der Waals surface area contributed by atoms with Crippen LogP contribution in [0.4, 0.5) is 0 Å². The van der Waals surface area contributed by atoms with Gasteiger partial charge in [-0.3, -0.25) is 19.0 Å². The van der Waals surface area contributed by atoms with E-state index in [9.17, 15) is 14.4 Å². The number of amides is 2. The molecule has 0 aromatic rings. The largest absolute Gasteiger partial charge is 0.465 e. The molecule has 12 nitrogen and oxygen atoms in total. The summed E-state index contributed by atoms with van der Waals surface area (Å²) in [5.74, 6) is 0.405. The number of primary amides is 1. The van der Waals surface area contributed by atoms with Crippen LogP contribution in [-0.2, 0) is 28.6 Å². The number of ether oxygens (including phenoxy) is 3. The van der Waals surface area contributed by atoms with Crippen molar-refractivity contribution in [2.24, 2.45) is 17.4 Å². The summed E-state index contributed by atoms with van der Waals surface area (Å²) in [5.41, 5.74) is 9.73. The van der Waals surface area contributed by atoms with Crippen molar-refractivity contribution >= 4 is 23.7 Å². The summed E-state index contributed by atoms with van der Waals surface area (Å²) in [7, 11) is 0. The fraction of sp³-hybridized carbons (Fsp3) is 0.872. The Morgan fingerprint density at radius 3 is 2.14 bits per heavy atom. The molecule has 0 saturated carbocycles. The van der Waals surface area contributed by atoms with Crippen molar-refractivity contribution in [2.75, 3.05) is 26.2 Å². The SMILES string of the molecule is CC[C@H]1C=CCC[C@@]2(C[C@@H]3CC[C@@H]4[C@H](C(=O)OCCCCCCCCCCCCCCCCCC(=O)N(CCCN)CCCC(N)=O)[C@]5(CCC[C@@H](C)O5)NC(=[N+]34)N2)O1. The third-order valence-electron chi connectivity index (χ3n) is 13.7. The second-order valence-corrected chi connectivity index (χ2v) is 18.5. The van der Waals surface area contributed by atoms with Crippen molar-refractivity contribution in [1.29, 1.82) is 0 Å². The van der Waals surface area contributed by atoms with Crippen LogP contribution in [0.15, 0.2) is 12.2 Å². The average Bonchev–Trinajstić information content (AvgIpc) is 3.52. The molecule has 336 valence electrons. The molecule has 0 aliphatic carbocycles. The zero-order valence-corrected chi connectivity index (χ0v) is 37.2. The highest BCUT2D eigenvalue weighted by Gasteiger charge is 2.64. The first-order valence-electron chi connectivity index (χ1n) is 24.4. The number of carbonyl (C=O) groups is 3. The molecule has 2 amide bonds. The Bertz CT molecular complexity index is 1380. The highest BCUT2D eigenvalue weighted by molar-refractivity contribution is 5.82. The Kier molecular flexibility index (Phi) is 19.8. The van der Waals surface area contributed by atoms with Crippen molar-refractivity contribution < 1.29 is 33.2 Å². The minimum atomic E-state index is -0.758. The molecular weight excluding hydrogens is 745 g/mol. The highest BCUT2D eigenvalue weighted by Crippen LogP contribution is 2.45. The van der Waals surface area contributed by atoms with E-state index >= 15 is 0 Å². The number of guanidine groups is 1. The molecule has 0 bridgehead atoms. The molecule has 0 aromatic carbocycles. The lowest BCUT2D eigenvalue weighted by Gasteiger charge is -2.50. The summed E-state index contributed by atoms with van der Waals surface area (Å²) in [6.45, 7) is 6.63. The number of nitrogens with two attached hydrogens (primary N) is 2. The molecule has 2 fully saturated rings. The Morgan fingerprint density at radius 1 is 0.831 bits per heavy atom. The quantitative estimate of drug-likeness (QED) is 0.0285. The van der Waals surface area contributed by atoms with Crippen LogP contribution in [0, 0.1) is 5.92 Å². The number of allylic oxidation sites excluding steroid dienone is 1. The van der Waals surface area contributed by atoms with Gasteiger partial charge in [0.2, 0.25) is 17.5 Å². The van der Waals surface area contributed by atoms with Crippen molar-refractivity contribution in [3.63, 3.8) is 0 Å². The molecule has 5 aliphatic heterocycles. The molecule has 5 rings (SSSR count). The van der Waals surface area contributed by atoms with Crippen LogP contribution in [0.25, 0.3) is 0 Å². The molecule has 0 unspecified atom stereocenters. The van der Waals surface area contributed by atoms with E-state index in [0.29, 0.717) is 51.5 Å². The number of unbranched alkanes of at least 4 members (excludes halogenated alkanes) is 14. The van der Waals surface area contributed by atoms with Crippen molar-refractivity contribution in [1.82, 2.24) is 15.5 Å². The lowest BCUT2D eigenvalue weighted by molar-refractivity contribution is -0.609. The van der Waals surface area contributed by atoms with Gasteiger partial charge in [-0.1, -0.05) is 103 Å². The summed E-state index contributed by atoms with van der Waals surface area (Å²) in [5, 5.41) is 7.68. The first kappa shape index (κ1) is 47.4. The smallest absolute Gasteiger partial charge is 0.350 e. The van der Waals surface area contributed by atoms with Crippen LogP contribution in [0.5, 0.6) is 0 Å². The predicted octanol–water partition coefficient (Wildman–Crippen LogP) is 7.45. The maximum absolute atomic E-state index is 14.1. The summed E-state index contributed by atoms with van der Waals surface area (Å²) in [6, 6.07) is 0.397. The third kappa shape index (κ3) is 14.2. The fourth-order valence-corrected chi connectivity index (χ4v) is 10.6. The molecule has 2 saturated heterocycles. The van der Waals surface area contributed by atoms with E-state index in [1.165, 1.54) is 70.6 Å². The molecule has 6 N–H and O–H groups in total. The number of rotatable bonds is 27. The van der Waals surface area contributed by atoms with Crippen molar-refractivity contribution in [3.8, 4) is 0 Å². The van der Waals surface area contributed by atoms with Crippen LogP contribution in [0.2, 0.25) is 0 Å². The van der Waals surface area contributed by atoms with E-state index in [-0.39, 0.29) is 42.0 Å². The lowest BCUT2D eigenvalue weighted by Crippen LogP contribution is -2.76. The van der Waals surface area contributed by atoms with Crippen molar-refractivity contribution in [3.05, 3.63) is 12.2 Å². The predicted molar refractivity (Wildman–Crippen MR) is 233 cm³/mol. The first-order valence-corrected chi connectivity index (χ1v) is 24.4. The van der Waals surface area contributed by atoms with E-state index in [0.717, 1.165) is 95.9 Å². The van der Waals surface area contributed by atoms with E-state index in [1.807, 2.05) is 4.90 Å². The Hall–Kier alpha value is -2.70. The standard InChI is InChI=1S/C47H82N6O6/c1-3-39-25-18-19-30-46(59-39)36-38-28-29-40-43(47(31-21-24-37(2)58-47)51-45(50-46)53(38)40)44(56)57-35-20-16-14-12-10-8-6-4-5-7-9-11-13-15-17-27-42(55)52(34-23-32-48)33-22-26-41(49)54/h18,25,37-40,43H,3-17,19-24,26-36,48H2,1-2H3,(H3,49,50,51,54)/p+1/t37-,38+,39+,40-,43-,46+,47-/m1/s1. The zero-order valence-electron chi connectivity index (χ0n) is 37.2. The van der Waals surface area contributed by atoms with Gasteiger partial charge in [0.05, 0.1) is 30.9 Å². The minimum Gasteiger partial charge on any atom is -0.465 e. The molecule has 12 heteroatoms. The lowest BCUT2D eigenvalue weighted by atomic mass is 9.80. The van der Waals surface area contributed by atoms with Gasteiger partial charge in [0.15, 0.2) is 11.6 Å². The summed E-state index contributed by atoms with van der Waals surface area (Å²) in [4.78, 5) is 39.6. The molecular formula is C47H83N6O6+. The molecule has 2 spiro atoms. The minimum absolute atomic E-state index is 0.0655. The van der Waals surface area contributed by atoms with E-state index in [4.69, 9.17) is 25.7 Å². The highest BCUT2D eigenvalue weighted by atomic mass is 16.6. The maximum atomic E-state index is 14.1. The van der Waals surface area contributed by atoms with Gasteiger partial charge >= 0.3 is 11.9 Å². The van der Waals surface area contributed by atoms with Gasteiger partial charge in [0.25, 0.3) is 0 Å². The Labute approximate surface area is 356 Å². The second kappa shape index (κ2) is 24.7. The number of hydrogen-bond donors (Lipinski definition) is 4. The van der Waals surface area contributed by atoms with Gasteiger partial charge in [-0.15, -0.1) is 0 Å². The van der Waals surface area contributed by atoms with Crippen LogP contribution < -0.4 is 22.1 Å². The van der Waals surface area contributed by atoms with Gasteiger partial charge < -0.3 is 30.6 Å². The summed E-state index contributed by atoms with van der Waals surface area (Å²) >= 11 is 0. The van der Waals surface area contributed by atoms with Gasteiger partial charge in [0, 0.05) is 45.2 Å². The number of nitrogens with zero attached hydrogens (tertiary/aromatic N) is 2. The molecule has 0 radical (unpaired) electrons. The number of carbonyl (C=O) groups excluding carboxylic acids is 3. The van der Waals surface area contributed by atoms with Gasteiger partial charge in [-0.2, -0.15) is 0 Å². The number of nitrogens with one attached hydrogen (secondary N) is 2. The van der Waals surface area contributed by atoms with Crippen LogP contribution in [0.3, 0.4) is 0 Å². The zero-order chi connectivity index (χ0) is 41.9. The average molecular weight is 828 g/mol.